The van der Waals surface area contributed by atoms with E-state index in [4.69, 9.17) is 10.8 Å². The number of benzene rings is 1. The Kier molecular flexibility index (Phi) is 4.37. The number of carbonyl (C=O) groups is 1. The lowest BCUT2D eigenvalue weighted by Gasteiger charge is -2.37. The number of piperidine rings is 1. The highest BCUT2D eigenvalue weighted by atomic mass is 19.1. The molecule has 0 spiro atoms. The average Bonchev–Trinajstić information content (AvgIpc) is 2.36. The fraction of sp³-hybridized carbons (Fsp3) is 0.500. The van der Waals surface area contributed by atoms with Crippen molar-refractivity contribution in [3.8, 4) is 0 Å². The molecular weight excluding hydrogens is 247 g/mol. The van der Waals surface area contributed by atoms with Crippen LogP contribution in [0.4, 0.5) is 10.1 Å². The van der Waals surface area contributed by atoms with Crippen LogP contribution in [0.5, 0.6) is 0 Å². The molecular formula is C14H19FN2O2. The van der Waals surface area contributed by atoms with E-state index in [-0.39, 0.29) is 24.2 Å². The maximum Gasteiger partial charge on any atom is 0.303 e. The monoisotopic (exact) mass is 266 g/mol. The van der Waals surface area contributed by atoms with Crippen molar-refractivity contribution in [3.63, 3.8) is 0 Å². The molecule has 0 aromatic heterocycles. The molecule has 1 heterocycles. The number of rotatable bonds is 4. The summed E-state index contributed by atoms with van der Waals surface area (Å²) < 4.78 is 12.9. The maximum atomic E-state index is 12.9. The Morgan fingerprint density at radius 3 is 2.68 bits per heavy atom. The molecule has 104 valence electrons. The Balaban J connectivity index is 2.00. The van der Waals surface area contributed by atoms with Crippen molar-refractivity contribution in [2.24, 2.45) is 11.7 Å². The molecule has 5 heteroatoms. The van der Waals surface area contributed by atoms with Crippen LogP contribution in [0.3, 0.4) is 0 Å². The second-order valence-corrected chi connectivity index (χ2v) is 5.18. The summed E-state index contributed by atoms with van der Waals surface area (Å²) >= 11 is 0. The smallest absolute Gasteiger partial charge is 0.303 e. The van der Waals surface area contributed by atoms with E-state index in [1.54, 1.807) is 12.1 Å². The number of nitrogens with two attached hydrogens (primary N) is 1. The van der Waals surface area contributed by atoms with Crippen molar-refractivity contribution in [2.75, 3.05) is 18.0 Å². The first-order chi connectivity index (χ1) is 9.04. The molecule has 1 saturated heterocycles. The molecule has 1 aromatic rings. The van der Waals surface area contributed by atoms with Crippen LogP contribution in [0.25, 0.3) is 0 Å². The van der Waals surface area contributed by atoms with Gasteiger partial charge in [0.1, 0.15) is 5.82 Å². The zero-order valence-corrected chi connectivity index (χ0v) is 10.8. The molecule has 19 heavy (non-hydrogen) atoms. The quantitative estimate of drug-likeness (QED) is 0.872. The number of carboxylic acid groups (broad SMARTS) is 1. The van der Waals surface area contributed by atoms with E-state index in [1.165, 1.54) is 12.1 Å². The molecule has 0 bridgehead atoms. The number of hydrogen-bond acceptors (Lipinski definition) is 3. The third-order valence-corrected chi connectivity index (χ3v) is 3.53. The molecule has 0 saturated carbocycles. The van der Waals surface area contributed by atoms with Crippen LogP contribution >= 0.6 is 0 Å². The van der Waals surface area contributed by atoms with E-state index >= 15 is 0 Å². The summed E-state index contributed by atoms with van der Waals surface area (Å²) in [6.07, 6.45) is 1.67. The normalized spacial score (nSPS) is 23.4. The second kappa shape index (κ2) is 6.02. The summed E-state index contributed by atoms with van der Waals surface area (Å²) in [5.41, 5.74) is 6.97. The summed E-state index contributed by atoms with van der Waals surface area (Å²) in [5, 5.41) is 8.74. The Labute approximate surface area is 112 Å². The second-order valence-electron chi connectivity index (χ2n) is 5.18. The first-order valence-electron chi connectivity index (χ1n) is 6.52. The first-order valence-corrected chi connectivity index (χ1v) is 6.52. The SMILES string of the molecule is NC1CC(CCC(=O)O)CN(c2ccc(F)cc2)C1. The Hall–Kier alpha value is -1.62. The van der Waals surface area contributed by atoms with Crippen molar-refractivity contribution in [1.82, 2.24) is 0 Å². The molecule has 1 aliphatic rings. The average molecular weight is 266 g/mol. The predicted molar refractivity (Wildman–Crippen MR) is 71.6 cm³/mol. The van der Waals surface area contributed by atoms with Crippen molar-refractivity contribution in [3.05, 3.63) is 30.1 Å². The molecule has 2 rings (SSSR count). The summed E-state index contributed by atoms with van der Waals surface area (Å²) in [6, 6.07) is 6.38. The van der Waals surface area contributed by atoms with E-state index in [0.29, 0.717) is 6.42 Å². The molecule has 4 nitrogen and oxygen atoms in total. The Bertz CT molecular complexity index is 436. The van der Waals surface area contributed by atoms with Gasteiger partial charge >= 0.3 is 5.97 Å². The minimum absolute atomic E-state index is 0.0394. The fourth-order valence-electron chi connectivity index (χ4n) is 2.65. The zero-order chi connectivity index (χ0) is 13.8. The van der Waals surface area contributed by atoms with Gasteiger partial charge in [0, 0.05) is 31.2 Å². The van der Waals surface area contributed by atoms with Gasteiger partial charge in [-0.3, -0.25) is 4.79 Å². The van der Waals surface area contributed by atoms with Crippen LogP contribution < -0.4 is 10.6 Å². The molecule has 2 atom stereocenters. The summed E-state index contributed by atoms with van der Waals surface area (Å²) in [5.74, 6) is -0.745. The van der Waals surface area contributed by atoms with Gasteiger partial charge in [-0.1, -0.05) is 0 Å². The minimum Gasteiger partial charge on any atom is -0.481 e. The lowest BCUT2D eigenvalue weighted by Crippen LogP contribution is -2.47. The van der Waals surface area contributed by atoms with E-state index in [2.05, 4.69) is 4.90 Å². The molecule has 1 fully saturated rings. The van der Waals surface area contributed by atoms with Crippen LogP contribution in [-0.2, 0) is 4.79 Å². The summed E-state index contributed by atoms with van der Waals surface area (Å²) in [4.78, 5) is 12.7. The molecule has 3 N–H and O–H groups in total. The van der Waals surface area contributed by atoms with Crippen LogP contribution in [0, 0.1) is 11.7 Å². The lowest BCUT2D eigenvalue weighted by molar-refractivity contribution is -0.137. The van der Waals surface area contributed by atoms with Crippen LogP contribution in [-0.4, -0.2) is 30.2 Å². The number of anilines is 1. The third-order valence-electron chi connectivity index (χ3n) is 3.53. The van der Waals surface area contributed by atoms with Gasteiger partial charge in [-0.2, -0.15) is 0 Å². The fourth-order valence-corrected chi connectivity index (χ4v) is 2.65. The minimum atomic E-state index is -0.771. The van der Waals surface area contributed by atoms with E-state index < -0.39 is 5.97 Å². The Morgan fingerprint density at radius 1 is 1.37 bits per heavy atom. The van der Waals surface area contributed by atoms with Gasteiger partial charge in [-0.25, -0.2) is 4.39 Å². The number of aliphatic carboxylic acids is 1. The highest BCUT2D eigenvalue weighted by molar-refractivity contribution is 5.66. The van der Waals surface area contributed by atoms with Crippen LogP contribution in [0.15, 0.2) is 24.3 Å². The highest BCUT2D eigenvalue weighted by Gasteiger charge is 2.25. The van der Waals surface area contributed by atoms with Gasteiger partial charge in [-0.05, 0) is 43.0 Å². The summed E-state index contributed by atoms with van der Waals surface area (Å²) in [6.45, 7) is 1.52. The van der Waals surface area contributed by atoms with E-state index in [1.807, 2.05) is 0 Å². The number of halogens is 1. The van der Waals surface area contributed by atoms with E-state index in [0.717, 1.165) is 25.2 Å². The van der Waals surface area contributed by atoms with Crippen LogP contribution in [0.2, 0.25) is 0 Å². The van der Waals surface area contributed by atoms with Gasteiger partial charge in [0.05, 0.1) is 0 Å². The number of hydrogen-bond donors (Lipinski definition) is 2. The van der Waals surface area contributed by atoms with Gasteiger partial charge in [0.15, 0.2) is 0 Å². The standard InChI is InChI=1S/C14H19FN2O2/c15-11-2-4-13(5-3-11)17-8-10(1-6-14(18)19)7-12(16)9-17/h2-5,10,12H,1,6-9,16H2,(H,18,19). The topological polar surface area (TPSA) is 66.6 Å². The van der Waals surface area contributed by atoms with Crippen molar-refractivity contribution >= 4 is 11.7 Å². The van der Waals surface area contributed by atoms with Crippen LogP contribution in [0.1, 0.15) is 19.3 Å². The highest BCUT2D eigenvalue weighted by Crippen LogP contribution is 2.25. The molecule has 2 unspecified atom stereocenters. The van der Waals surface area contributed by atoms with Gasteiger partial charge in [0.25, 0.3) is 0 Å². The lowest BCUT2D eigenvalue weighted by atomic mass is 9.90. The first kappa shape index (κ1) is 13.8. The number of carboxylic acids is 1. The van der Waals surface area contributed by atoms with Crippen molar-refractivity contribution < 1.29 is 14.3 Å². The third kappa shape index (κ3) is 3.92. The predicted octanol–water partition coefficient (Wildman–Crippen LogP) is 1.84. The van der Waals surface area contributed by atoms with Gasteiger partial charge in [-0.15, -0.1) is 0 Å². The van der Waals surface area contributed by atoms with Crippen molar-refractivity contribution in [1.29, 1.82) is 0 Å². The van der Waals surface area contributed by atoms with Crippen molar-refractivity contribution in [2.45, 2.75) is 25.3 Å². The van der Waals surface area contributed by atoms with Gasteiger partial charge < -0.3 is 15.7 Å². The van der Waals surface area contributed by atoms with Gasteiger partial charge in [0.2, 0.25) is 0 Å². The number of nitrogens with zero attached hydrogens (tertiary/aromatic N) is 1. The maximum absolute atomic E-state index is 12.9. The molecule has 1 aliphatic heterocycles. The van der Waals surface area contributed by atoms with E-state index in [9.17, 15) is 9.18 Å². The molecule has 1 aromatic carbocycles. The molecule has 0 aliphatic carbocycles. The largest absolute Gasteiger partial charge is 0.481 e. The molecule has 0 amide bonds. The summed E-state index contributed by atoms with van der Waals surface area (Å²) in [7, 11) is 0. The zero-order valence-electron chi connectivity index (χ0n) is 10.8. The Morgan fingerprint density at radius 2 is 2.05 bits per heavy atom. The molecule has 0 radical (unpaired) electrons.